The number of rotatable bonds is 4. The van der Waals surface area contributed by atoms with Gasteiger partial charge in [-0.1, -0.05) is 0 Å². The summed E-state index contributed by atoms with van der Waals surface area (Å²) in [4.78, 5) is 12.6. The van der Waals surface area contributed by atoms with Crippen molar-refractivity contribution in [2.75, 3.05) is 27.0 Å². The fourth-order valence-corrected chi connectivity index (χ4v) is 1.06. The van der Waals surface area contributed by atoms with Gasteiger partial charge >= 0.3 is 0 Å². The first-order valence-corrected chi connectivity index (χ1v) is 4.74. The van der Waals surface area contributed by atoms with Crippen molar-refractivity contribution in [3.05, 3.63) is 0 Å². The van der Waals surface area contributed by atoms with Gasteiger partial charge in [0.15, 0.2) is 0 Å². The molecule has 1 N–H and O–H groups in total. The Labute approximate surface area is 71.8 Å². The van der Waals surface area contributed by atoms with E-state index in [1.54, 1.807) is 19.0 Å². The van der Waals surface area contributed by atoms with E-state index >= 15 is 0 Å². The monoisotopic (exact) mass is 177 g/mol. The summed E-state index contributed by atoms with van der Waals surface area (Å²) in [5, 5.41) is 8.81. The van der Waals surface area contributed by atoms with Gasteiger partial charge < -0.3 is 10.0 Å². The van der Waals surface area contributed by atoms with E-state index in [0.717, 1.165) is 0 Å². The molecule has 0 saturated heterocycles. The smallest absolute Gasteiger partial charge is 0.223 e. The van der Waals surface area contributed by atoms with Crippen LogP contribution in [0.2, 0.25) is 0 Å². The highest BCUT2D eigenvalue weighted by Gasteiger charge is 2.12. The number of carbonyl (C=O) groups excluding carboxylic acids is 1. The summed E-state index contributed by atoms with van der Waals surface area (Å²) < 4.78 is 0. The maximum absolute atomic E-state index is 11.1. The summed E-state index contributed by atoms with van der Waals surface area (Å²) in [5.41, 5.74) is 0. The maximum atomic E-state index is 11.1. The molecular formula is C7H15NO2S. The summed E-state index contributed by atoms with van der Waals surface area (Å²) in [6, 6.07) is 0. The lowest BCUT2D eigenvalue weighted by molar-refractivity contribution is -0.128. The molecule has 0 aromatic carbocycles. The Bertz CT molecular complexity index is 124. The van der Waals surface area contributed by atoms with Crippen LogP contribution in [0.1, 0.15) is 6.42 Å². The molecular weight excluding hydrogens is 162 g/mol. The number of carbonyl (C=O) groups is 1. The van der Waals surface area contributed by atoms with Crippen molar-refractivity contribution in [3.8, 4) is 0 Å². The molecule has 66 valence electrons. The van der Waals surface area contributed by atoms with Crippen LogP contribution < -0.4 is 0 Å². The second-order valence-corrected chi connectivity index (χ2v) is 3.67. The predicted molar refractivity (Wildman–Crippen MR) is 47.7 cm³/mol. The van der Waals surface area contributed by atoms with Gasteiger partial charge in [-0.25, -0.2) is 0 Å². The first-order valence-electron chi connectivity index (χ1n) is 3.45. The van der Waals surface area contributed by atoms with Crippen LogP contribution in [0.4, 0.5) is 0 Å². The van der Waals surface area contributed by atoms with Crippen molar-refractivity contribution in [3.63, 3.8) is 0 Å². The lowest BCUT2D eigenvalue weighted by atomic mass is 10.3. The Morgan fingerprint density at radius 3 is 2.45 bits per heavy atom. The second kappa shape index (κ2) is 5.43. The molecule has 1 amide bonds. The van der Waals surface area contributed by atoms with Gasteiger partial charge in [0.2, 0.25) is 5.91 Å². The van der Waals surface area contributed by atoms with Crippen molar-refractivity contribution in [1.82, 2.24) is 4.90 Å². The summed E-state index contributed by atoms with van der Waals surface area (Å²) in [6.07, 6.45) is 2.31. The molecule has 0 spiro atoms. The van der Waals surface area contributed by atoms with Crippen LogP contribution in [-0.4, -0.2) is 48.1 Å². The highest BCUT2D eigenvalue weighted by atomic mass is 32.2. The Morgan fingerprint density at radius 1 is 1.64 bits per heavy atom. The lowest BCUT2D eigenvalue weighted by Gasteiger charge is -2.14. The first-order chi connectivity index (χ1) is 5.11. The molecule has 4 heteroatoms. The van der Waals surface area contributed by atoms with E-state index < -0.39 is 0 Å². The molecule has 1 atom stereocenters. The summed E-state index contributed by atoms with van der Waals surface area (Å²) >= 11 is 1.52. The van der Waals surface area contributed by atoms with Crippen molar-refractivity contribution in [1.29, 1.82) is 0 Å². The molecule has 11 heavy (non-hydrogen) atoms. The third-order valence-electron chi connectivity index (χ3n) is 1.44. The van der Waals surface area contributed by atoms with Gasteiger partial charge in [-0.3, -0.25) is 4.79 Å². The molecule has 0 bridgehead atoms. The summed E-state index contributed by atoms with van der Waals surface area (Å²) in [6.45, 7) is 0.0702. The van der Waals surface area contributed by atoms with Crippen molar-refractivity contribution in [2.24, 2.45) is 0 Å². The largest absolute Gasteiger partial charge is 0.395 e. The minimum absolute atomic E-state index is 0.0462. The Morgan fingerprint density at radius 2 is 2.18 bits per heavy atom. The molecule has 0 fully saturated rings. The molecule has 0 aliphatic carbocycles. The fourth-order valence-electron chi connectivity index (χ4n) is 0.600. The molecule has 0 aromatic rings. The predicted octanol–water partition coefficient (Wildman–Crippen LogP) is 0.189. The van der Waals surface area contributed by atoms with Crippen LogP contribution in [0.25, 0.3) is 0 Å². The van der Waals surface area contributed by atoms with E-state index in [1.807, 2.05) is 6.26 Å². The van der Waals surface area contributed by atoms with Crippen LogP contribution in [0.15, 0.2) is 0 Å². The molecule has 0 aromatic heterocycles. The lowest BCUT2D eigenvalue weighted by Crippen LogP contribution is -2.26. The van der Waals surface area contributed by atoms with E-state index in [9.17, 15) is 4.79 Å². The summed E-state index contributed by atoms with van der Waals surface area (Å²) in [7, 11) is 3.44. The Balaban J connectivity index is 3.72. The van der Waals surface area contributed by atoms with E-state index in [2.05, 4.69) is 0 Å². The first kappa shape index (κ1) is 10.8. The minimum Gasteiger partial charge on any atom is -0.395 e. The summed E-state index contributed by atoms with van der Waals surface area (Å²) in [5.74, 6) is 0.0680. The Kier molecular flexibility index (Phi) is 5.32. The molecule has 0 saturated carbocycles. The molecule has 0 aliphatic heterocycles. The maximum Gasteiger partial charge on any atom is 0.223 e. The van der Waals surface area contributed by atoms with Gasteiger partial charge in [-0.15, -0.1) is 0 Å². The number of hydrogen-bond donors (Lipinski definition) is 1. The van der Waals surface area contributed by atoms with Crippen LogP contribution >= 0.6 is 11.8 Å². The number of aliphatic hydroxyl groups is 1. The van der Waals surface area contributed by atoms with E-state index in [4.69, 9.17) is 5.11 Å². The number of amides is 1. The highest BCUT2D eigenvalue weighted by molar-refractivity contribution is 7.99. The third kappa shape index (κ3) is 4.27. The van der Waals surface area contributed by atoms with Gasteiger partial charge in [0, 0.05) is 25.8 Å². The number of aliphatic hydroxyl groups excluding tert-OH is 1. The average molecular weight is 177 g/mol. The zero-order chi connectivity index (χ0) is 8.85. The number of hydrogen-bond acceptors (Lipinski definition) is 3. The van der Waals surface area contributed by atoms with Crippen molar-refractivity contribution >= 4 is 17.7 Å². The highest BCUT2D eigenvalue weighted by Crippen LogP contribution is 2.10. The molecule has 0 aliphatic rings. The minimum atomic E-state index is 0.0462. The van der Waals surface area contributed by atoms with E-state index in [0.29, 0.717) is 6.42 Å². The Hall–Kier alpha value is -0.220. The van der Waals surface area contributed by atoms with Gasteiger partial charge in [0.1, 0.15) is 0 Å². The quantitative estimate of drug-likeness (QED) is 0.666. The van der Waals surface area contributed by atoms with E-state index in [1.165, 1.54) is 11.8 Å². The standard InChI is InChI=1S/C7H15NO2S/c1-8(2)7(10)4-6(5-9)11-3/h6,9H,4-5H2,1-3H3. The molecule has 0 heterocycles. The number of nitrogens with zero attached hydrogens (tertiary/aromatic N) is 1. The van der Waals surface area contributed by atoms with Gasteiger partial charge in [-0.05, 0) is 6.26 Å². The average Bonchev–Trinajstić information content (AvgIpc) is 1.99. The fraction of sp³-hybridized carbons (Fsp3) is 0.857. The van der Waals surface area contributed by atoms with Crippen LogP contribution in [0.3, 0.4) is 0 Å². The van der Waals surface area contributed by atoms with Crippen LogP contribution in [0, 0.1) is 0 Å². The molecule has 3 nitrogen and oxygen atoms in total. The van der Waals surface area contributed by atoms with E-state index in [-0.39, 0.29) is 17.8 Å². The second-order valence-electron chi connectivity index (χ2n) is 2.53. The zero-order valence-electron chi connectivity index (χ0n) is 7.20. The third-order valence-corrected chi connectivity index (χ3v) is 2.42. The van der Waals surface area contributed by atoms with Crippen LogP contribution in [0.5, 0.6) is 0 Å². The van der Waals surface area contributed by atoms with Gasteiger partial charge in [0.05, 0.1) is 6.61 Å². The van der Waals surface area contributed by atoms with Crippen molar-refractivity contribution in [2.45, 2.75) is 11.7 Å². The van der Waals surface area contributed by atoms with Crippen molar-refractivity contribution < 1.29 is 9.90 Å². The van der Waals surface area contributed by atoms with Gasteiger partial charge in [-0.2, -0.15) is 11.8 Å². The molecule has 1 unspecified atom stereocenters. The van der Waals surface area contributed by atoms with Crippen LogP contribution in [-0.2, 0) is 4.79 Å². The normalized spacial score (nSPS) is 12.7. The topological polar surface area (TPSA) is 40.5 Å². The van der Waals surface area contributed by atoms with Gasteiger partial charge in [0.25, 0.3) is 0 Å². The zero-order valence-corrected chi connectivity index (χ0v) is 8.02. The molecule has 0 radical (unpaired) electrons. The SMILES string of the molecule is CSC(CO)CC(=O)N(C)C. The number of thioether (sulfide) groups is 1. The molecule has 0 rings (SSSR count).